The summed E-state index contributed by atoms with van der Waals surface area (Å²) in [5, 5.41) is 11.8. The summed E-state index contributed by atoms with van der Waals surface area (Å²) in [7, 11) is 0. The molecule has 3 aromatic rings. The van der Waals surface area contributed by atoms with Gasteiger partial charge in [-0.15, -0.1) is 10.2 Å². The van der Waals surface area contributed by atoms with Gasteiger partial charge in [-0.3, -0.25) is 4.79 Å². The molecular weight excluding hydrogens is 403 g/mol. The first-order valence-corrected chi connectivity index (χ1v) is 11.2. The number of carbonyl (C=O) groups excluding carboxylic acids is 1. The van der Waals surface area contributed by atoms with Gasteiger partial charge in [-0.1, -0.05) is 38.1 Å². The molecule has 5 nitrogen and oxygen atoms in total. The highest BCUT2D eigenvalue weighted by atomic mass is 19.1. The third kappa shape index (κ3) is 5.31. The minimum Gasteiger partial charge on any atom is -0.354 e. The van der Waals surface area contributed by atoms with Crippen molar-refractivity contribution in [3.05, 3.63) is 77.6 Å². The van der Waals surface area contributed by atoms with Crippen molar-refractivity contribution in [3.8, 4) is 11.3 Å². The van der Waals surface area contributed by atoms with Gasteiger partial charge in [0.25, 0.3) is 0 Å². The van der Waals surface area contributed by atoms with Crippen LogP contribution in [-0.4, -0.2) is 29.2 Å². The maximum Gasteiger partial charge on any atom is 0.225 e. The molecule has 0 unspecified atom stereocenters. The first kappa shape index (κ1) is 21.9. The van der Waals surface area contributed by atoms with E-state index >= 15 is 0 Å². The Morgan fingerprint density at radius 2 is 1.81 bits per heavy atom. The Balaban J connectivity index is 1.34. The third-order valence-corrected chi connectivity index (χ3v) is 6.02. The van der Waals surface area contributed by atoms with Gasteiger partial charge in [-0.25, -0.2) is 4.39 Å². The monoisotopic (exact) mass is 432 g/mol. The molecule has 1 N–H and O–H groups in total. The van der Waals surface area contributed by atoms with E-state index in [2.05, 4.69) is 58.5 Å². The smallest absolute Gasteiger partial charge is 0.225 e. The summed E-state index contributed by atoms with van der Waals surface area (Å²) in [5.74, 6) is 0.997. The number of nitrogens with zero attached hydrogens (tertiary/aromatic N) is 3. The van der Waals surface area contributed by atoms with Crippen molar-refractivity contribution in [1.29, 1.82) is 0 Å². The second-order valence-corrected chi connectivity index (χ2v) is 8.68. The van der Waals surface area contributed by atoms with Crippen molar-refractivity contribution in [1.82, 2.24) is 15.5 Å². The second-order valence-electron chi connectivity index (χ2n) is 8.68. The molecule has 4 rings (SSSR count). The molecule has 1 aliphatic heterocycles. The minimum atomic E-state index is -0.275. The van der Waals surface area contributed by atoms with Crippen molar-refractivity contribution in [2.75, 3.05) is 18.0 Å². The lowest BCUT2D eigenvalue weighted by Crippen LogP contribution is -2.43. The van der Waals surface area contributed by atoms with Crippen molar-refractivity contribution in [2.24, 2.45) is 5.92 Å². The van der Waals surface area contributed by atoms with Crippen LogP contribution in [0.1, 0.15) is 43.7 Å². The number of rotatable bonds is 6. The highest BCUT2D eigenvalue weighted by Gasteiger charge is 2.26. The molecule has 0 aliphatic carbocycles. The summed E-state index contributed by atoms with van der Waals surface area (Å²) >= 11 is 0. The Morgan fingerprint density at radius 1 is 1.06 bits per heavy atom. The van der Waals surface area contributed by atoms with E-state index in [1.807, 2.05) is 12.1 Å². The van der Waals surface area contributed by atoms with E-state index in [1.165, 1.54) is 17.7 Å². The summed E-state index contributed by atoms with van der Waals surface area (Å²) in [6, 6.07) is 18.4. The molecule has 2 heterocycles. The maximum atomic E-state index is 13.1. The van der Waals surface area contributed by atoms with Crippen molar-refractivity contribution in [3.63, 3.8) is 0 Å². The first-order valence-electron chi connectivity index (χ1n) is 11.2. The number of anilines is 1. The van der Waals surface area contributed by atoms with Crippen LogP contribution in [0.5, 0.6) is 0 Å². The molecule has 0 radical (unpaired) electrons. The highest BCUT2D eigenvalue weighted by molar-refractivity contribution is 5.79. The van der Waals surface area contributed by atoms with E-state index in [9.17, 15) is 9.18 Å². The fraction of sp³-hybridized carbons (Fsp3) is 0.346. The van der Waals surface area contributed by atoms with Crippen molar-refractivity contribution >= 4 is 11.7 Å². The van der Waals surface area contributed by atoms with Crippen LogP contribution in [0.2, 0.25) is 0 Å². The molecule has 1 aliphatic rings. The molecule has 1 amide bonds. The average molecular weight is 433 g/mol. The predicted molar refractivity (Wildman–Crippen MR) is 125 cm³/mol. The minimum absolute atomic E-state index is 0.0720. The van der Waals surface area contributed by atoms with Gasteiger partial charge in [0.2, 0.25) is 5.91 Å². The van der Waals surface area contributed by atoms with E-state index in [0.29, 0.717) is 24.7 Å². The van der Waals surface area contributed by atoms with Crippen LogP contribution in [0.4, 0.5) is 10.2 Å². The van der Waals surface area contributed by atoms with Crippen LogP contribution < -0.4 is 10.2 Å². The average Bonchev–Trinajstić information content (AvgIpc) is 2.83. The number of piperidine rings is 1. The lowest BCUT2D eigenvalue weighted by molar-refractivity contribution is -0.125. The van der Waals surface area contributed by atoms with Gasteiger partial charge < -0.3 is 10.2 Å². The number of carbonyl (C=O) groups is 1. The van der Waals surface area contributed by atoms with Crippen LogP contribution >= 0.6 is 0 Å². The summed E-state index contributed by atoms with van der Waals surface area (Å²) in [4.78, 5) is 14.9. The zero-order valence-corrected chi connectivity index (χ0v) is 18.6. The first-order chi connectivity index (χ1) is 15.5. The number of hydrogen-bond donors (Lipinski definition) is 1. The Kier molecular flexibility index (Phi) is 6.78. The molecular formula is C26H29FN4O. The van der Waals surface area contributed by atoms with Gasteiger partial charge in [0.15, 0.2) is 5.82 Å². The number of benzene rings is 2. The Labute approximate surface area is 188 Å². The van der Waals surface area contributed by atoms with E-state index < -0.39 is 0 Å². The van der Waals surface area contributed by atoms with Crippen LogP contribution in [0.15, 0.2) is 60.7 Å². The molecule has 1 saturated heterocycles. The summed E-state index contributed by atoms with van der Waals surface area (Å²) in [6.07, 6.45) is 1.80. The fourth-order valence-electron chi connectivity index (χ4n) is 4.02. The van der Waals surface area contributed by atoms with Crippen LogP contribution in [-0.2, 0) is 11.3 Å². The topological polar surface area (TPSA) is 58.1 Å². The van der Waals surface area contributed by atoms with Crippen LogP contribution in [0, 0.1) is 11.7 Å². The van der Waals surface area contributed by atoms with E-state index in [0.717, 1.165) is 36.3 Å². The Morgan fingerprint density at radius 3 is 2.47 bits per heavy atom. The summed E-state index contributed by atoms with van der Waals surface area (Å²) in [5.41, 5.74) is 3.93. The molecule has 1 atom stereocenters. The van der Waals surface area contributed by atoms with Gasteiger partial charge in [0, 0.05) is 25.2 Å². The summed E-state index contributed by atoms with van der Waals surface area (Å²) in [6.45, 7) is 6.37. The van der Waals surface area contributed by atoms with Gasteiger partial charge in [0.1, 0.15) is 5.82 Å². The zero-order valence-electron chi connectivity index (χ0n) is 18.6. The molecule has 166 valence electrons. The molecule has 1 fully saturated rings. The largest absolute Gasteiger partial charge is 0.354 e. The quantitative estimate of drug-likeness (QED) is 0.600. The fourth-order valence-corrected chi connectivity index (χ4v) is 4.02. The summed E-state index contributed by atoms with van der Waals surface area (Å²) < 4.78 is 13.1. The van der Waals surface area contributed by atoms with E-state index in [-0.39, 0.29) is 17.6 Å². The Hall–Kier alpha value is -3.28. The number of aromatic nitrogens is 2. The molecule has 0 bridgehead atoms. The van der Waals surface area contributed by atoms with Gasteiger partial charge >= 0.3 is 0 Å². The zero-order chi connectivity index (χ0) is 22.5. The van der Waals surface area contributed by atoms with E-state index in [4.69, 9.17) is 0 Å². The lowest BCUT2D eigenvalue weighted by Gasteiger charge is -2.32. The Bertz CT molecular complexity index is 1030. The number of amides is 1. The predicted octanol–water partition coefficient (Wildman–Crippen LogP) is 4.94. The van der Waals surface area contributed by atoms with Crippen LogP contribution in [0.25, 0.3) is 11.3 Å². The number of nitrogens with one attached hydrogen (secondary N) is 1. The van der Waals surface area contributed by atoms with Gasteiger partial charge in [0.05, 0.1) is 11.6 Å². The van der Waals surface area contributed by atoms with Crippen molar-refractivity contribution in [2.45, 2.75) is 39.2 Å². The molecule has 32 heavy (non-hydrogen) atoms. The van der Waals surface area contributed by atoms with Gasteiger partial charge in [-0.2, -0.15) is 0 Å². The molecule has 0 spiro atoms. The lowest BCUT2D eigenvalue weighted by atomic mass is 9.97. The molecule has 6 heteroatoms. The molecule has 2 aromatic carbocycles. The molecule has 0 saturated carbocycles. The van der Waals surface area contributed by atoms with E-state index in [1.54, 1.807) is 12.1 Å². The van der Waals surface area contributed by atoms with Gasteiger partial charge in [-0.05, 0) is 66.3 Å². The number of hydrogen-bond acceptors (Lipinski definition) is 4. The molecule has 1 aromatic heterocycles. The maximum absolute atomic E-state index is 13.1. The van der Waals surface area contributed by atoms with Crippen LogP contribution in [0.3, 0.4) is 0 Å². The SMILES string of the molecule is CC(C)c1ccc(CNC(=O)[C@H]2CCCN(c3ccc(-c4ccc(F)cc4)nn3)C2)cc1. The second kappa shape index (κ2) is 9.90. The van der Waals surface area contributed by atoms with Crippen molar-refractivity contribution < 1.29 is 9.18 Å². The number of halogens is 1. The highest BCUT2D eigenvalue weighted by Crippen LogP contribution is 2.24. The standard InChI is InChI=1S/C26H29FN4O/c1-18(2)20-7-5-19(6-8-20)16-28-26(32)22-4-3-15-31(17-22)25-14-13-24(29-30-25)21-9-11-23(27)12-10-21/h5-14,18,22H,3-4,15-17H2,1-2H3,(H,28,32)/t22-/m0/s1. The third-order valence-electron chi connectivity index (χ3n) is 6.02. The normalized spacial score (nSPS) is 16.2.